The molecule has 0 saturated heterocycles. The maximum absolute atomic E-state index is 5.32. The van der Waals surface area contributed by atoms with Crippen LogP contribution in [-0.4, -0.2) is 19.2 Å². The smallest absolute Gasteiger partial charge is 0.161 e. The van der Waals surface area contributed by atoms with E-state index in [2.05, 4.69) is 31.6 Å². The van der Waals surface area contributed by atoms with E-state index >= 15 is 0 Å². The lowest BCUT2D eigenvalue weighted by atomic mass is 10.2. The summed E-state index contributed by atoms with van der Waals surface area (Å²) in [6.45, 7) is 3.50. The Kier molecular flexibility index (Phi) is 5.39. The Balaban J connectivity index is 2.02. The first-order chi connectivity index (χ1) is 9.63. The zero-order valence-corrected chi connectivity index (χ0v) is 14.1. The van der Waals surface area contributed by atoms with Crippen molar-refractivity contribution in [2.24, 2.45) is 0 Å². The highest BCUT2D eigenvalue weighted by Crippen LogP contribution is 2.33. The minimum atomic E-state index is 0.721. The van der Waals surface area contributed by atoms with Crippen molar-refractivity contribution < 1.29 is 9.47 Å². The van der Waals surface area contributed by atoms with Crippen molar-refractivity contribution in [2.45, 2.75) is 20.0 Å². The Bertz CT molecular complexity index is 587. The predicted molar refractivity (Wildman–Crippen MR) is 84.6 cm³/mol. The van der Waals surface area contributed by atoms with Gasteiger partial charge in [-0.1, -0.05) is 15.9 Å². The van der Waals surface area contributed by atoms with Gasteiger partial charge in [-0.15, -0.1) is 11.3 Å². The first-order valence-corrected chi connectivity index (χ1v) is 7.83. The summed E-state index contributed by atoms with van der Waals surface area (Å²) < 4.78 is 11.6. The Morgan fingerprint density at radius 2 is 1.90 bits per heavy atom. The van der Waals surface area contributed by atoms with E-state index in [0.29, 0.717) is 0 Å². The summed E-state index contributed by atoms with van der Waals surface area (Å²) in [6.07, 6.45) is 0. The van der Waals surface area contributed by atoms with Crippen molar-refractivity contribution in [3.05, 3.63) is 38.3 Å². The lowest BCUT2D eigenvalue weighted by Crippen LogP contribution is -2.13. The van der Waals surface area contributed by atoms with Crippen LogP contribution in [0.1, 0.15) is 16.3 Å². The lowest BCUT2D eigenvalue weighted by Gasteiger charge is -2.12. The van der Waals surface area contributed by atoms with Crippen LogP contribution < -0.4 is 14.8 Å². The number of aryl methyl sites for hydroxylation is 1. The number of benzene rings is 1. The number of thiazole rings is 1. The van der Waals surface area contributed by atoms with Crippen molar-refractivity contribution in [3.63, 3.8) is 0 Å². The molecule has 0 atom stereocenters. The molecule has 108 valence electrons. The van der Waals surface area contributed by atoms with Gasteiger partial charge in [0.2, 0.25) is 0 Å². The molecule has 2 aromatic rings. The monoisotopic (exact) mass is 356 g/mol. The van der Waals surface area contributed by atoms with Gasteiger partial charge in [-0.2, -0.15) is 0 Å². The van der Waals surface area contributed by atoms with E-state index in [1.807, 2.05) is 19.1 Å². The molecular formula is C14H17BrN2O2S. The molecule has 0 unspecified atom stereocenters. The van der Waals surface area contributed by atoms with Gasteiger partial charge in [0.15, 0.2) is 11.5 Å². The zero-order chi connectivity index (χ0) is 14.5. The standard InChI is InChI=1S/C14H17BrN2O2S/c1-9-17-11(8-20-9)7-16-6-10-4-13(18-2)14(19-3)5-12(10)15/h4-5,8,16H,6-7H2,1-3H3. The van der Waals surface area contributed by atoms with Crippen LogP contribution in [-0.2, 0) is 13.1 Å². The van der Waals surface area contributed by atoms with Crippen LogP contribution in [0, 0.1) is 6.92 Å². The molecule has 6 heteroatoms. The summed E-state index contributed by atoms with van der Waals surface area (Å²) >= 11 is 5.22. The highest BCUT2D eigenvalue weighted by atomic mass is 79.9. The molecule has 0 fully saturated rings. The zero-order valence-electron chi connectivity index (χ0n) is 11.7. The number of aromatic nitrogens is 1. The fourth-order valence-corrected chi connectivity index (χ4v) is 2.92. The van der Waals surface area contributed by atoms with Crippen LogP contribution in [0.3, 0.4) is 0 Å². The molecule has 1 aromatic heterocycles. The molecule has 0 spiro atoms. The average Bonchev–Trinajstić information content (AvgIpc) is 2.85. The Hall–Kier alpha value is -1.11. The number of ether oxygens (including phenoxy) is 2. The van der Waals surface area contributed by atoms with E-state index in [0.717, 1.165) is 45.3 Å². The van der Waals surface area contributed by atoms with Gasteiger partial charge >= 0.3 is 0 Å². The van der Waals surface area contributed by atoms with Crippen molar-refractivity contribution in [3.8, 4) is 11.5 Å². The summed E-state index contributed by atoms with van der Waals surface area (Å²) in [5.41, 5.74) is 2.19. The third-order valence-electron chi connectivity index (χ3n) is 2.84. The van der Waals surface area contributed by atoms with E-state index in [4.69, 9.17) is 9.47 Å². The Morgan fingerprint density at radius 1 is 1.20 bits per heavy atom. The van der Waals surface area contributed by atoms with Crippen molar-refractivity contribution in [1.29, 1.82) is 0 Å². The number of rotatable bonds is 6. The normalized spacial score (nSPS) is 10.6. The molecule has 0 saturated carbocycles. The predicted octanol–water partition coefficient (Wildman–Crippen LogP) is 3.52. The minimum absolute atomic E-state index is 0.721. The Labute approximate surface area is 131 Å². The van der Waals surface area contributed by atoms with Crippen molar-refractivity contribution in [2.75, 3.05) is 14.2 Å². The quantitative estimate of drug-likeness (QED) is 0.859. The molecular weight excluding hydrogens is 340 g/mol. The number of hydrogen-bond acceptors (Lipinski definition) is 5. The van der Waals surface area contributed by atoms with Crippen LogP contribution in [0.15, 0.2) is 22.0 Å². The highest BCUT2D eigenvalue weighted by Gasteiger charge is 2.09. The maximum Gasteiger partial charge on any atom is 0.161 e. The van der Waals surface area contributed by atoms with Gasteiger partial charge in [0.05, 0.1) is 24.9 Å². The summed E-state index contributed by atoms with van der Waals surface area (Å²) in [4.78, 5) is 4.43. The van der Waals surface area contributed by atoms with Gasteiger partial charge in [-0.25, -0.2) is 4.98 Å². The van der Waals surface area contributed by atoms with E-state index in [1.54, 1.807) is 25.6 Å². The first kappa shape index (κ1) is 15.3. The lowest BCUT2D eigenvalue weighted by molar-refractivity contribution is 0.354. The van der Waals surface area contributed by atoms with E-state index in [-0.39, 0.29) is 0 Å². The Morgan fingerprint density at radius 3 is 2.50 bits per heavy atom. The van der Waals surface area contributed by atoms with Gasteiger partial charge in [0, 0.05) is 22.9 Å². The van der Waals surface area contributed by atoms with Crippen LogP contribution in [0.4, 0.5) is 0 Å². The molecule has 1 heterocycles. The van der Waals surface area contributed by atoms with E-state index < -0.39 is 0 Å². The second-order valence-electron chi connectivity index (χ2n) is 4.26. The fourth-order valence-electron chi connectivity index (χ4n) is 1.85. The molecule has 0 bridgehead atoms. The van der Waals surface area contributed by atoms with Crippen molar-refractivity contribution >= 4 is 27.3 Å². The minimum Gasteiger partial charge on any atom is -0.493 e. The molecule has 0 aliphatic rings. The van der Waals surface area contributed by atoms with Crippen LogP contribution in [0.25, 0.3) is 0 Å². The van der Waals surface area contributed by atoms with Gasteiger partial charge in [0.25, 0.3) is 0 Å². The molecule has 0 aliphatic heterocycles. The van der Waals surface area contributed by atoms with E-state index in [1.165, 1.54) is 0 Å². The van der Waals surface area contributed by atoms with E-state index in [9.17, 15) is 0 Å². The number of hydrogen-bond donors (Lipinski definition) is 1. The van der Waals surface area contributed by atoms with Gasteiger partial charge in [-0.3, -0.25) is 0 Å². The molecule has 4 nitrogen and oxygen atoms in total. The summed E-state index contributed by atoms with van der Waals surface area (Å²) in [6, 6.07) is 3.89. The number of nitrogens with zero attached hydrogens (tertiary/aromatic N) is 1. The van der Waals surface area contributed by atoms with Crippen LogP contribution in [0.2, 0.25) is 0 Å². The second-order valence-corrected chi connectivity index (χ2v) is 6.18. The maximum atomic E-state index is 5.32. The third-order valence-corrected chi connectivity index (χ3v) is 4.40. The van der Waals surface area contributed by atoms with Crippen LogP contribution in [0.5, 0.6) is 11.5 Å². The summed E-state index contributed by atoms with van der Waals surface area (Å²) in [5, 5.41) is 6.55. The largest absolute Gasteiger partial charge is 0.493 e. The molecule has 2 rings (SSSR count). The van der Waals surface area contributed by atoms with Gasteiger partial charge in [-0.05, 0) is 24.6 Å². The fraction of sp³-hybridized carbons (Fsp3) is 0.357. The van der Waals surface area contributed by atoms with Crippen molar-refractivity contribution in [1.82, 2.24) is 10.3 Å². The number of nitrogens with one attached hydrogen (secondary N) is 1. The molecule has 1 aromatic carbocycles. The van der Waals surface area contributed by atoms with Gasteiger partial charge in [0.1, 0.15) is 0 Å². The topological polar surface area (TPSA) is 43.4 Å². The molecule has 0 aliphatic carbocycles. The summed E-state index contributed by atoms with van der Waals surface area (Å²) in [7, 11) is 3.27. The van der Waals surface area contributed by atoms with Crippen LogP contribution >= 0.6 is 27.3 Å². The van der Waals surface area contributed by atoms with Gasteiger partial charge < -0.3 is 14.8 Å². The number of halogens is 1. The third kappa shape index (κ3) is 3.71. The second kappa shape index (κ2) is 7.06. The molecule has 0 radical (unpaired) electrons. The molecule has 0 amide bonds. The molecule has 20 heavy (non-hydrogen) atoms. The average molecular weight is 357 g/mol. The highest BCUT2D eigenvalue weighted by molar-refractivity contribution is 9.10. The summed E-state index contributed by atoms with van der Waals surface area (Å²) in [5.74, 6) is 1.45. The first-order valence-electron chi connectivity index (χ1n) is 6.16. The molecule has 1 N–H and O–H groups in total. The number of methoxy groups -OCH3 is 2. The SMILES string of the molecule is COc1cc(Br)c(CNCc2csc(C)n2)cc1OC.